The molecule has 2 aliphatic carbocycles. The van der Waals surface area contributed by atoms with Crippen LogP contribution in [0.1, 0.15) is 31.2 Å². The maximum atomic E-state index is 13.2. The summed E-state index contributed by atoms with van der Waals surface area (Å²) in [6.45, 7) is 0. The van der Waals surface area contributed by atoms with Crippen LogP contribution in [0.25, 0.3) is 0 Å². The molecule has 2 aliphatic rings. The fraction of sp³-hybridized carbons (Fsp3) is 0.600. The van der Waals surface area contributed by atoms with Crippen molar-refractivity contribution in [2.24, 2.45) is 17.8 Å². The summed E-state index contributed by atoms with van der Waals surface area (Å²) in [4.78, 5) is 0. The first-order chi connectivity index (χ1) is 8.63. The van der Waals surface area contributed by atoms with E-state index in [1.165, 1.54) is 31.4 Å². The minimum Gasteiger partial charge on any atom is -0.392 e. The van der Waals surface area contributed by atoms with Gasteiger partial charge in [0.1, 0.15) is 5.82 Å². The fourth-order valence-corrected chi connectivity index (χ4v) is 4.04. The number of aliphatic hydroxyl groups excluding tert-OH is 1. The standard InChI is InChI=1S/C15H18ClFO/c16-14-4-3-12(17)7-11(14)8-15(18)13-6-9-1-2-10(13)5-9/h3-4,7,9-10,13,15,18H,1-2,5-6,8H2. The lowest BCUT2D eigenvalue weighted by atomic mass is 9.82. The van der Waals surface area contributed by atoms with Gasteiger partial charge in [-0.05, 0) is 60.8 Å². The Bertz CT molecular complexity index is 448. The van der Waals surface area contributed by atoms with Gasteiger partial charge in [-0.3, -0.25) is 0 Å². The molecule has 1 aromatic carbocycles. The summed E-state index contributed by atoms with van der Waals surface area (Å²) in [5.74, 6) is 1.60. The van der Waals surface area contributed by atoms with E-state index in [1.54, 1.807) is 6.07 Å². The number of hydrogen-bond donors (Lipinski definition) is 1. The van der Waals surface area contributed by atoms with E-state index in [4.69, 9.17) is 11.6 Å². The lowest BCUT2D eigenvalue weighted by molar-refractivity contribution is 0.0750. The van der Waals surface area contributed by atoms with Gasteiger partial charge >= 0.3 is 0 Å². The highest BCUT2D eigenvalue weighted by Gasteiger charge is 2.42. The third-order valence-corrected chi connectivity index (χ3v) is 5.09. The SMILES string of the molecule is OC(Cc1cc(F)ccc1Cl)C1CC2CCC1C2. The van der Waals surface area contributed by atoms with Crippen LogP contribution in [0.3, 0.4) is 0 Å². The maximum absolute atomic E-state index is 13.2. The number of rotatable bonds is 3. The van der Waals surface area contributed by atoms with Crippen LogP contribution in [0.15, 0.2) is 18.2 Å². The third kappa shape index (κ3) is 2.28. The van der Waals surface area contributed by atoms with Gasteiger partial charge in [0, 0.05) is 11.4 Å². The van der Waals surface area contributed by atoms with Crippen LogP contribution in [0, 0.1) is 23.6 Å². The summed E-state index contributed by atoms with van der Waals surface area (Å²) in [5, 5.41) is 10.9. The van der Waals surface area contributed by atoms with E-state index in [1.807, 2.05) is 0 Å². The Kier molecular flexibility index (Phi) is 3.33. The van der Waals surface area contributed by atoms with Gasteiger partial charge in [-0.1, -0.05) is 18.0 Å². The van der Waals surface area contributed by atoms with Gasteiger partial charge in [-0.15, -0.1) is 0 Å². The summed E-state index contributed by atoms with van der Waals surface area (Å²) in [6.07, 6.45) is 5.10. The van der Waals surface area contributed by atoms with Gasteiger partial charge in [0.15, 0.2) is 0 Å². The van der Waals surface area contributed by atoms with Crippen molar-refractivity contribution in [2.45, 2.75) is 38.2 Å². The lowest BCUT2D eigenvalue weighted by Gasteiger charge is -2.27. The van der Waals surface area contributed by atoms with Crippen molar-refractivity contribution in [1.82, 2.24) is 0 Å². The van der Waals surface area contributed by atoms with E-state index in [9.17, 15) is 9.50 Å². The average molecular weight is 269 g/mol. The molecule has 1 N–H and O–H groups in total. The second-order valence-corrected chi connectivity index (χ2v) is 6.25. The molecule has 3 rings (SSSR count). The van der Waals surface area contributed by atoms with E-state index < -0.39 is 0 Å². The van der Waals surface area contributed by atoms with Gasteiger partial charge in [-0.25, -0.2) is 4.39 Å². The van der Waals surface area contributed by atoms with Gasteiger partial charge in [0.25, 0.3) is 0 Å². The first-order valence-electron chi connectivity index (χ1n) is 6.75. The Morgan fingerprint density at radius 2 is 2.17 bits per heavy atom. The molecule has 3 heteroatoms. The molecule has 1 nitrogen and oxygen atoms in total. The highest BCUT2D eigenvalue weighted by molar-refractivity contribution is 6.31. The van der Waals surface area contributed by atoms with Crippen LogP contribution in [-0.2, 0) is 6.42 Å². The van der Waals surface area contributed by atoms with Crippen molar-refractivity contribution in [3.8, 4) is 0 Å². The van der Waals surface area contributed by atoms with Gasteiger partial charge < -0.3 is 5.11 Å². The molecular formula is C15H18ClFO. The smallest absolute Gasteiger partial charge is 0.123 e. The third-order valence-electron chi connectivity index (χ3n) is 4.72. The first kappa shape index (κ1) is 12.4. The van der Waals surface area contributed by atoms with Crippen molar-refractivity contribution >= 4 is 11.6 Å². The molecule has 0 spiro atoms. The van der Waals surface area contributed by atoms with E-state index in [0.29, 0.717) is 23.3 Å². The van der Waals surface area contributed by atoms with E-state index in [0.717, 1.165) is 17.9 Å². The molecule has 0 heterocycles. The largest absolute Gasteiger partial charge is 0.392 e. The van der Waals surface area contributed by atoms with Crippen LogP contribution in [0.4, 0.5) is 4.39 Å². The Balaban J connectivity index is 1.70. The highest BCUT2D eigenvalue weighted by atomic mass is 35.5. The predicted molar refractivity (Wildman–Crippen MR) is 70.1 cm³/mol. The average Bonchev–Trinajstić information content (AvgIpc) is 2.96. The molecule has 2 saturated carbocycles. The molecule has 2 fully saturated rings. The zero-order chi connectivity index (χ0) is 12.7. The Morgan fingerprint density at radius 1 is 1.33 bits per heavy atom. The van der Waals surface area contributed by atoms with E-state index in [-0.39, 0.29) is 11.9 Å². The molecular weight excluding hydrogens is 251 g/mol. The summed E-state index contributed by atoms with van der Waals surface area (Å²) in [5.41, 5.74) is 0.729. The number of fused-ring (bicyclic) bond motifs is 2. The summed E-state index contributed by atoms with van der Waals surface area (Å²) < 4.78 is 13.2. The molecule has 18 heavy (non-hydrogen) atoms. The minimum atomic E-state index is -0.375. The second-order valence-electron chi connectivity index (χ2n) is 5.85. The summed E-state index contributed by atoms with van der Waals surface area (Å²) in [7, 11) is 0. The van der Waals surface area contributed by atoms with Gasteiger partial charge in [0.2, 0.25) is 0 Å². The zero-order valence-electron chi connectivity index (χ0n) is 10.3. The minimum absolute atomic E-state index is 0.283. The number of aliphatic hydroxyl groups is 1. The Hall–Kier alpha value is -0.600. The summed E-state index contributed by atoms with van der Waals surface area (Å²) >= 11 is 6.05. The van der Waals surface area contributed by atoms with E-state index >= 15 is 0 Å². The molecule has 1 aromatic rings. The number of halogens is 2. The zero-order valence-corrected chi connectivity index (χ0v) is 11.0. The Labute approximate surface area is 112 Å². The molecule has 0 aliphatic heterocycles. The topological polar surface area (TPSA) is 20.2 Å². The molecule has 4 unspecified atom stereocenters. The predicted octanol–water partition coefficient (Wildman–Crippen LogP) is 3.82. The molecule has 98 valence electrons. The normalized spacial score (nSPS) is 31.8. The molecule has 0 saturated heterocycles. The first-order valence-corrected chi connectivity index (χ1v) is 7.13. The molecule has 0 radical (unpaired) electrons. The van der Waals surface area contributed by atoms with Crippen molar-refractivity contribution in [1.29, 1.82) is 0 Å². The summed E-state index contributed by atoms with van der Waals surface area (Å²) in [6, 6.07) is 4.37. The molecule has 0 amide bonds. The van der Waals surface area contributed by atoms with Crippen molar-refractivity contribution in [3.63, 3.8) is 0 Å². The molecule has 0 aromatic heterocycles. The fourth-order valence-electron chi connectivity index (χ4n) is 3.84. The maximum Gasteiger partial charge on any atom is 0.123 e. The highest BCUT2D eigenvalue weighted by Crippen LogP contribution is 2.50. The van der Waals surface area contributed by atoms with Crippen molar-refractivity contribution in [3.05, 3.63) is 34.6 Å². The van der Waals surface area contributed by atoms with Crippen LogP contribution in [-0.4, -0.2) is 11.2 Å². The van der Waals surface area contributed by atoms with Crippen molar-refractivity contribution < 1.29 is 9.50 Å². The number of benzene rings is 1. The van der Waals surface area contributed by atoms with Gasteiger partial charge in [0.05, 0.1) is 6.10 Å². The molecule has 4 atom stereocenters. The van der Waals surface area contributed by atoms with E-state index in [2.05, 4.69) is 0 Å². The molecule has 2 bridgehead atoms. The van der Waals surface area contributed by atoms with Crippen molar-refractivity contribution in [2.75, 3.05) is 0 Å². The number of hydrogen-bond acceptors (Lipinski definition) is 1. The van der Waals surface area contributed by atoms with Crippen LogP contribution in [0.2, 0.25) is 5.02 Å². The van der Waals surface area contributed by atoms with Crippen LogP contribution in [0.5, 0.6) is 0 Å². The van der Waals surface area contributed by atoms with Crippen LogP contribution >= 0.6 is 11.6 Å². The lowest BCUT2D eigenvalue weighted by Crippen LogP contribution is -2.27. The monoisotopic (exact) mass is 268 g/mol. The Morgan fingerprint density at radius 3 is 2.83 bits per heavy atom. The quantitative estimate of drug-likeness (QED) is 0.884. The van der Waals surface area contributed by atoms with Crippen LogP contribution < -0.4 is 0 Å². The second kappa shape index (κ2) is 4.82. The van der Waals surface area contributed by atoms with Gasteiger partial charge in [-0.2, -0.15) is 0 Å².